The van der Waals surface area contributed by atoms with Crippen LogP contribution in [0.15, 0.2) is 18.2 Å². The Balaban J connectivity index is 2.16. The molecule has 0 radical (unpaired) electrons. The molecule has 5 nitrogen and oxygen atoms in total. The van der Waals surface area contributed by atoms with Crippen LogP contribution in [-0.2, 0) is 4.79 Å². The normalized spacial score (nSPS) is 21.4. The lowest BCUT2D eigenvalue weighted by molar-refractivity contribution is -0.141. The highest BCUT2D eigenvalue weighted by atomic mass is 35.5. The van der Waals surface area contributed by atoms with Crippen LogP contribution in [0.2, 0.25) is 10.0 Å². The third-order valence-corrected chi connectivity index (χ3v) is 5.32. The topological polar surface area (TPSA) is 69.6 Å². The number of hydrogen-bond donors (Lipinski definition) is 2. The van der Waals surface area contributed by atoms with Crippen LogP contribution in [0, 0.1) is 0 Å². The fourth-order valence-corrected chi connectivity index (χ4v) is 3.75. The highest BCUT2D eigenvalue weighted by molar-refractivity contribution is 8.00. The number of urea groups is 1. The lowest BCUT2D eigenvalue weighted by Gasteiger charge is -2.26. The predicted molar refractivity (Wildman–Crippen MR) is 85.3 cm³/mol. The highest BCUT2D eigenvalue weighted by Crippen LogP contribution is 2.32. The fourth-order valence-electron chi connectivity index (χ4n) is 2.10. The number of carboxylic acid groups (broad SMARTS) is 1. The largest absolute Gasteiger partial charge is 0.480 e. The van der Waals surface area contributed by atoms with Crippen molar-refractivity contribution < 1.29 is 14.7 Å². The first kappa shape index (κ1) is 16.3. The van der Waals surface area contributed by atoms with E-state index < -0.39 is 18.0 Å². The Hall–Kier alpha value is -1.11. The van der Waals surface area contributed by atoms with Crippen molar-refractivity contribution in [2.75, 3.05) is 11.1 Å². The van der Waals surface area contributed by atoms with Gasteiger partial charge in [-0.05, 0) is 24.6 Å². The van der Waals surface area contributed by atoms with Crippen molar-refractivity contribution in [2.45, 2.75) is 24.8 Å². The summed E-state index contributed by atoms with van der Waals surface area (Å²) in [5.74, 6) is -0.606. The van der Waals surface area contributed by atoms with Crippen molar-refractivity contribution in [1.29, 1.82) is 0 Å². The Labute approximate surface area is 136 Å². The number of benzene rings is 1. The summed E-state index contributed by atoms with van der Waals surface area (Å²) in [6, 6.07) is 3.46. The zero-order valence-corrected chi connectivity index (χ0v) is 13.5. The molecule has 21 heavy (non-hydrogen) atoms. The number of amides is 2. The van der Waals surface area contributed by atoms with Crippen molar-refractivity contribution in [3.8, 4) is 0 Å². The van der Waals surface area contributed by atoms with E-state index in [0.29, 0.717) is 27.9 Å². The maximum Gasteiger partial charge on any atom is 0.327 e. The molecule has 0 saturated carbocycles. The average molecular weight is 349 g/mol. The second-order valence-electron chi connectivity index (χ2n) is 4.52. The SMILES string of the molecule is CCC1SCC(C(=O)O)N1C(=O)Nc1ccc(Cl)c(Cl)c1. The number of hydrogen-bond acceptors (Lipinski definition) is 3. The average Bonchev–Trinajstić information content (AvgIpc) is 2.87. The van der Waals surface area contributed by atoms with Crippen LogP contribution < -0.4 is 5.32 Å². The molecule has 2 unspecified atom stereocenters. The Morgan fingerprint density at radius 1 is 1.43 bits per heavy atom. The third-order valence-electron chi connectivity index (χ3n) is 3.13. The molecule has 2 atom stereocenters. The Morgan fingerprint density at radius 3 is 2.71 bits per heavy atom. The van der Waals surface area contributed by atoms with Gasteiger partial charge >= 0.3 is 12.0 Å². The number of thioether (sulfide) groups is 1. The molecule has 1 aliphatic heterocycles. The molecule has 1 aliphatic rings. The number of anilines is 1. The highest BCUT2D eigenvalue weighted by Gasteiger charge is 2.40. The maximum atomic E-state index is 12.4. The third kappa shape index (κ3) is 3.56. The molecule has 1 aromatic carbocycles. The van der Waals surface area contributed by atoms with Gasteiger partial charge in [0.2, 0.25) is 0 Å². The molecular formula is C13H14Cl2N2O3S. The second kappa shape index (κ2) is 6.77. The van der Waals surface area contributed by atoms with Crippen LogP contribution in [0.25, 0.3) is 0 Å². The van der Waals surface area contributed by atoms with Crippen LogP contribution in [0.4, 0.5) is 10.5 Å². The van der Waals surface area contributed by atoms with Gasteiger partial charge in [-0.25, -0.2) is 9.59 Å². The second-order valence-corrected chi connectivity index (χ2v) is 6.54. The van der Waals surface area contributed by atoms with Crippen LogP contribution in [-0.4, -0.2) is 39.2 Å². The van der Waals surface area contributed by atoms with Crippen LogP contribution >= 0.6 is 35.0 Å². The van der Waals surface area contributed by atoms with E-state index in [-0.39, 0.29) is 5.37 Å². The summed E-state index contributed by atoms with van der Waals surface area (Å²) in [5.41, 5.74) is 0.477. The molecule has 1 saturated heterocycles. The lowest BCUT2D eigenvalue weighted by Crippen LogP contribution is -2.47. The van der Waals surface area contributed by atoms with Gasteiger partial charge in [-0.1, -0.05) is 30.1 Å². The van der Waals surface area contributed by atoms with Crippen molar-refractivity contribution in [3.63, 3.8) is 0 Å². The van der Waals surface area contributed by atoms with Crippen molar-refractivity contribution in [2.24, 2.45) is 0 Å². The molecule has 0 aliphatic carbocycles. The van der Waals surface area contributed by atoms with Gasteiger partial charge in [-0.3, -0.25) is 4.90 Å². The van der Waals surface area contributed by atoms with Gasteiger partial charge in [-0.15, -0.1) is 11.8 Å². The van der Waals surface area contributed by atoms with E-state index in [0.717, 1.165) is 0 Å². The number of carbonyl (C=O) groups excluding carboxylic acids is 1. The van der Waals surface area contributed by atoms with E-state index in [2.05, 4.69) is 5.32 Å². The number of carbonyl (C=O) groups is 2. The first-order valence-corrected chi connectivity index (χ1v) is 8.13. The molecule has 8 heteroatoms. The quantitative estimate of drug-likeness (QED) is 0.872. The molecule has 2 amide bonds. The van der Waals surface area contributed by atoms with E-state index in [1.165, 1.54) is 22.7 Å². The molecule has 0 aromatic heterocycles. The Morgan fingerprint density at radius 2 is 2.14 bits per heavy atom. The zero-order chi connectivity index (χ0) is 15.6. The van der Waals surface area contributed by atoms with E-state index >= 15 is 0 Å². The summed E-state index contributed by atoms with van der Waals surface area (Å²) >= 11 is 13.2. The van der Waals surface area contributed by atoms with E-state index in [1.807, 2.05) is 6.92 Å². The summed E-state index contributed by atoms with van der Waals surface area (Å²) in [6.45, 7) is 1.92. The van der Waals surface area contributed by atoms with Crippen molar-refractivity contribution in [1.82, 2.24) is 4.90 Å². The molecular weight excluding hydrogens is 335 g/mol. The summed E-state index contributed by atoms with van der Waals surface area (Å²) < 4.78 is 0. The predicted octanol–water partition coefficient (Wildman–Crippen LogP) is 3.76. The van der Waals surface area contributed by atoms with Crippen LogP contribution in [0.5, 0.6) is 0 Å². The zero-order valence-electron chi connectivity index (χ0n) is 11.2. The monoisotopic (exact) mass is 348 g/mol. The smallest absolute Gasteiger partial charge is 0.327 e. The molecule has 2 rings (SSSR count). The lowest BCUT2D eigenvalue weighted by atomic mass is 10.2. The molecule has 1 heterocycles. The Kier molecular flexibility index (Phi) is 5.24. The minimum atomic E-state index is -0.997. The standard InChI is InChI=1S/C13H14Cl2N2O3S/c1-2-11-17(10(6-21-11)12(18)19)13(20)16-7-3-4-8(14)9(15)5-7/h3-5,10-11H,2,6H2,1H3,(H,16,20)(H,18,19). The van der Waals surface area contributed by atoms with E-state index in [4.69, 9.17) is 23.2 Å². The van der Waals surface area contributed by atoms with Gasteiger partial charge in [0.05, 0.1) is 15.4 Å². The molecule has 0 spiro atoms. The van der Waals surface area contributed by atoms with E-state index in [9.17, 15) is 14.7 Å². The van der Waals surface area contributed by atoms with E-state index in [1.54, 1.807) is 12.1 Å². The number of rotatable bonds is 3. The fraction of sp³-hybridized carbons (Fsp3) is 0.385. The number of halogens is 2. The summed E-state index contributed by atoms with van der Waals surface area (Å²) in [5, 5.41) is 12.5. The van der Waals surface area contributed by atoms with Gasteiger partial charge in [0.15, 0.2) is 0 Å². The molecule has 2 N–H and O–H groups in total. The minimum absolute atomic E-state index is 0.145. The minimum Gasteiger partial charge on any atom is -0.480 e. The molecule has 0 bridgehead atoms. The van der Waals surface area contributed by atoms with Crippen molar-refractivity contribution in [3.05, 3.63) is 28.2 Å². The first-order chi connectivity index (χ1) is 9.93. The maximum absolute atomic E-state index is 12.4. The van der Waals surface area contributed by atoms with Gasteiger partial charge < -0.3 is 10.4 Å². The number of nitrogens with one attached hydrogen (secondary N) is 1. The van der Waals surface area contributed by atoms with Gasteiger partial charge in [0.1, 0.15) is 6.04 Å². The van der Waals surface area contributed by atoms with Gasteiger partial charge in [-0.2, -0.15) is 0 Å². The van der Waals surface area contributed by atoms with Crippen LogP contribution in [0.1, 0.15) is 13.3 Å². The van der Waals surface area contributed by atoms with Crippen LogP contribution in [0.3, 0.4) is 0 Å². The first-order valence-electron chi connectivity index (χ1n) is 6.32. The molecule has 1 aromatic rings. The molecule has 114 valence electrons. The van der Waals surface area contributed by atoms with Gasteiger partial charge in [0.25, 0.3) is 0 Å². The Bertz CT molecular complexity index is 570. The van der Waals surface area contributed by atoms with Gasteiger partial charge in [0, 0.05) is 11.4 Å². The van der Waals surface area contributed by atoms with Crippen molar-refractivity contribution >= 4 is 52.7 Å². The summed E-state index contributed by atoms with van der Waals surface area (Å²) in [6.07, 6.45) is 0.684. The molecule has 1 fully saturated rings. The summed E-state index contributed by atoms with van der Waals surface area (Å²) in [4.78, 5) is 25.0. The number of nitrogens with zero attached hydrogens (tertiary/aromatic N) is 1. The number of carboxylic acids is 1. The number of aliphatic carboxylic acids is 1. The summed E-state index contributed by atoms with van der Waals surface area (Å²) in [7, 11) is 0.